The molecular formula is C20H17ClN2O2S. The van der Waals surface area contributed by atoms with Crippen LogP contribution in [0.15, 0.2) is 53.9 Å². The van der Waals surface area contributed by atoms with Gasteiger partial charge in [0.05, 0.1) is 12.1 Å². The van der Waals surface area contributed by atoms with E-state index in [4.69, 9.17) is 16.3 Å². The maximum Gasteiger partial charge on any atom is 0.233 e. The quantitative estimate of drug-likeness (QED) is 0.650. The Balaban J connectivity index is 1.39. The molecule has 6 heteroatoms. The molecular weight excluding hydrogens is 368 g/mol. The lowest BCUT2D eigenvalue weighted by molar-refractivity contribution is -0.117. The molecule has 0 saturated carbocycles. The molecule has 0 atom stereocenters. The summed E-state index contributed by atoms with van der Waals surface area (Å²) in [5, 5.41) is 3.52. The van der Waals surface area contributed by atoms with Crippen molar-refractivity contribution in [1.82, 2.24) is 4.98 Å². The lowest BCUT2D eigenvalue weighted by atomic mass is 10.2. The maximum absolute atomic E-state index is 12.7. The van der Waals surface area contributed by atoms with Crippen molar-refractivity contribution >= 4 is 34.5 Å². The summed E-state index contributed by atoms with van der Waals surface area (Å²) in [6, 6.07) is 15.3. The van der Waals surface area contributed by atoms with E-state index in [1.165, 1.54) is 11.3 Å². The van der Waals surface area contributed by atoms with Gasteiger partial charge in [-0.1, -0.05) is 35.9 Å². The zero-order chi connectivity index (χ0) is 17.9. The molecule has 3 aromatic rings. The van der Waals surface area contributed by atoms with Crippen LogP contribution in [0, 0.1) is 0 Å². The normalized spacial score (nSPS) is 12.9. The number of anilines is 1. The van der Waals surface area contributed by atoms with E-state index >= 15 is 0 Å². The number of halogens is 1. The SMILES string of the molecule is O=C(Cc1csc(COc2ccccc2)n1)N1CCc2c(Cl)cccc21. The molecule has 4 nitrogen and oxygen atoms in total. The molecule has 2 aromatic carbocycles. The molecule has 1 aliphatic rings. The first-order valence-electron chi connectivity index (χ1n) is 8.39. The Kier molecular flexibility index (Phi) is 4.91. The Bertz CT molecular complexity index is 927. The lowest BCUT2D eigenvalue weighted by Gasteiger charge is -2.16. The summed E-state index contributed by atoms with van der Waals surface area (Å²) in [7, 11) is 0. The van der Waals surface area contributed by atoms with Gasteiger partial charge < -0.3 is 9.64 Å². The van der Waals surface area contributed by atoms with Crippen LogP contribution < -0.4 is 9.64 Å². The number of hydrogen-bond donors (Lipinski definition) is 0. The summed E-state index contributed by atoms with van der Waals surface area (Å²) in [5.74, 6) is 0.859. The number of ether oxygens (including phenoxy) is 1. The first kappa shape index (κ1) is 17.1. The van der Waals surface area contributed by atoms with Gasteiger partial charge in [0.2, 0.25) is 5.91 Å². The number of fused-ring (bicyclic) bond motifs is 1. The lowest BCUT2D eigenvalue weighted by Crippen LogP contribution is -2.30. The molecule has 132 valence electrons. The van der Waals surface area contributed by atoms with E-state index in [9.17, 15) is 4.79 Å². The second-order valence-corrected chi connectivity index (χ2v) is 7.39. The zero-order valence-electron chi connectivity index (χ0n) is 14.0. The number of rotatable bonds is 5. The molecule has 0 unspecified atom stereocenters. The number of nitrogens with zero attached hydrogens (tertiary/aromatic N) is 2. The van der Waals surface area contributed by atoms with Gasteiger partial charge in [-0.05, 0) is 36.2 Å². The molecule has 2 heterocycles. The van der Waals surface area contributed by atoms with Gasteiger partial charge in [0.15, 0.2) is 0 Å². The molecule has 0 N–H and O–H groups in total. The van der Waals surface area contributed by atoms with Gasteiger partial charge in [0, 0.05) is 22.6 Å². The van der Waals surface area contributed by atoms with Crippen LogP contribution in [0.3, 0.4) is 0 Å². The molecule has 0 saturated heterocycles. The Labute approximate surface area is 161 Å². The van der Waals surface area contributed by atoms with Gasteiger partial charge in [-0.3, -0.25) is 4.79 Å². The highest BCUT2D eigenvalue weighted by molar-refractivity contribution is 7.09. The second-order valence-electron chi connectivity index (χ2n) is 6.04. The summed E-state index contributed by atoms with van der Waals surface area (Å²) in [5.41, 5.74) is 2.75. The van der Waals surface area contributed by atoms with Crippen molar-refractivity contribution in [2.45, 2.75) is 19.4 Å². The highest BCUT2D eigenvalue weighted by atomic mass is 35.5. The second kappa shape index (κ2) is 7.48. The summed E-state index contributed by atoms with van der Waals surface area (Å²) >= 11 is 7.74. The third-order valence-corrected chi connectivity index (χ3v) is 5.53. The largest absolute Gasteiger partial charge is 0.486 e. The summed E-state index contributed by atoms with van der Waals surface area (Å²) < 4.78 is 5.71. The first-order chi connectivity index (χ1) is 12.7. The molecule has 0 fully saturated rings. The number of carbonyl (C=O) groups is 1. The minimum atomic E-state index is 0.0480. The van der Waals surface area contributed by atoms with E-state index in [2.05, 4.69) is 4.98 Å². The molecule has 0 aliphatic carbocycles. The Morgan fingerprint density at radius 1 is 1.19 bits per heavy atom. The first-order valence-corrected chi connectivity index (χ1v) is 9.65. The molecule has 1 aliphatic heterocycles. The van der Waals surface area contributed by atoms with Crippen molar-refractivity contribution in [2.75, 3.05) is 11.4 Å². The Morgan fingerprint density at radius 3 is 2.88 bits per heavy atom. The van der Waals surface area contributed by atoms with Crippen molar-refractivity contribution in [3.05, 3.63) is 75.2 Å². The number of amides is 1. The number of para-hydroxylation sites is 1. The monoisotopic (exact) mass is 384 g/mol. The Hall–Kier alpha value is -2.37. The van der Waals surface area contributed by atoms with Crippen LogP contribution >= 0.6 is 22.9 Å². The van der Waals surface area contributed by atoms with E-state index in [1.54, 1.807) is 4.90 Å². The van der Waals surface area contributed by atoms with Crippen LogP contribution in [0.4, 0.5) is 5.69 Å². The predicted molar refractivity (Wildman–Crippen MR) is 104 cm³/mol. The van der Waals surface area contributed by atoms with Crippen LogP contribution in [0.25, 0.3) is 0 Å². The van der Waals surface area contributed by atoms with Gasteiger partial charge in [-0.15, -0.1) is 11.3 Å². The third-order valence-electron chi connectivity index (χ3n) is 4.31. The van der Waals surface area contributed by atoms with Gasteiger partial charge in [0.1, 0.15) is 17.4 Å². The number of hydrogen-bond acceptors (Lipinski definition) is 4. The van der Waals surface area contributed by atoms with Crippen molar-refractivity contribution < 1.29 is 9.53 Å². The summed E-state index contributed by atoms with van der Waals surface area (Å²) in [6.45, 7) is 1.08. The van der Waals surface area contributed by atoms with Gasteiger partial charge in [-0.2, -0.15) is 0 Å². The van der Waals surface area contributed by atoms with Crippen molar-refractivity contribution in [2.24, 2.45) is 0 Å². The smallest absolute Gasteiger partial charge is 0.233 e. The molecule has 0 spiro atoms. The predicted octanol–water partition coefficient (Wildman–Crippen LogP) is 4.51. The van der Waals surface area contributed by atoms with E-state index in [0.29, 0.717) is 13.2 Å². The topological polar surface area (TPSA) is 42.4 Å². The van der Waals surface area contributed by atoms with Crippen molar-refractivity contribution in [3.63, 3.8) is 0 Å². The minimum Gasteiger partial charge on any atom is -0.486 e. The van der Waals surface area contributed by atoms with Gasteiger partial charge in [-0.25, -0.2) is 4.98 Å². The number of benzene rings is 2. The van der Waals surface area contributed by atoms with Crippen LogP contribution in [0.1, 0.15) is 16.3 Å². The molecule has 4 rings (SSSR count). The summed E-state index contributed by atoms with van der Waals surface area (Å²) in [4.78, 5) is 19.0. The average Bonchev–Trinajstić information content (AvgIpc) is 3.28. The number of thiazole rings is 1. The average molecular weight is 385 g/mol. The molecule has 1 aromatic heterocycles. The van der Waals surface area contributed by atoms with E-state index in [1.807, 2.05) is 53.9 Å². The molecule has 0 radical (unpaired) electrons. The van der Waals surface area contributed by atoms with E-state index < -0.39 is 0 Å². The van der Waals surface area contributed by atoms with Crippen LogP contribution in [-0.4, -0.2) is 17.4 Å². The maximum atomic E-state index is 12.7. The van der Waals surface area contributed by atoms with Crippen LogP contribution in [0.5, 0.6) is 5.75 Å². The zero-order valence-corrected chi connectivity index (χ0v) is 15.6. The molecule has 0 bridgehead atoms. The van der Waals surface area contributed by atoms with Crippen molar-refractivity contribution in [1.29, 1.82) is 0 Å². The fourth-order valence-corrected chi connectivity index (χ4v) is 4.03. The number of carbonyl (C=O) groups excluding carboxylic acids is 1. The molecule has 1 amide bonds. The number of aromatic nitrogens is 1. The van der Waals surface area contributed by atoms with Gasteiger partial charge in [0.25, 0.3) is 0 Å². The summed E-state index contributed by atoms with van der Waals surface area (Å²) in [6.07, 6.45) is 1.09. The molecule has 26 heavy (non-hydrogen) atoms. The van der Waals surface area contributed by atoms with Gasteiger partial charge >= 0.3 is 0 Å². The minimum absolute atomic E-state index is 0.0480. The standard InChI is InChI=1S/C20H17ClN2O2S/c21-17-7-4-8-18-16(17)9-10-23(18)20(24)11-14-13-26-19(22-14)12-25-15-5-2-1-3-6-15/h1-8,13H,9-12H2. The third kappa shape index (κ3) is 3.59. The highest BCUT2D eigenvalue weighted by Crippen LogP contribution is 2.33. The fraction of sp³-hybridized carbons (Fsp3) is 0.200. The Morgan fingerprint density at radius 2 is 2.04 bits per heavy atom. The fourth-order valence-electron chi connectivity index (χ4n) is 3.06. The van der Waals surface area contributed by atoms with Crippen LogP contribution in [0.2, 0.25) is 5.02 Å². The van der Waals surface area contributed by atoms with Crippen molar-refractivity contribution in [3.8, 4) is 5.75 Å². The van der Waals surface area contributed by atoms with E-state index in [0.717, 1.165) is 39.1 Å². The highest BCUT2D eigenvalue weighted by Gasteiger charge is 2.26. The van der Waals surface area contributed by atoms with Crippen LogP contribution in [-0.2, 0) is 24.2 Å². The van der Waals surface area contributed by atoms with E-state index in [-0.39, 0.29) is 12.3 Å².